The van der Waals surface area contributed by atoms with E-state index in [0.29, 0.717) is 44.2 Å². The number of benzene rings is 1. The summed E-state index contributed by atoms with van der Waals surface area (Å²) >= 11 is 3.41. The van der Waals surface area contributed by atoms with Crippen molar-refractivity contribution in [1.82, 2.24) is 4.90 Å². The lowest BCUT2D eigenvalue weighted by molar-refractivity contribution is 0.0302. The lowest BCUT2D eigenvalue weighted by atomic mass is 10.2. The van der Waals surface area contributed by atoms with Crippen LogP contribution >= 0.6 is 15.9 Å². The molecule has 4 nitrogen and oxygen atoms in total. The molecule has 1 amide bonds. The monoisotopic (exact) mass is 313 g/mol. The van der Waals surface area contributed by atoms with E-state index >= 15 is 0 Å². The quantitative estimate of drug-likeness (QED) is 0.859. The molecular weight excluding hydrogens is 298 g/mol. The van der Waals surface area contributed by atoms with Crippen LogP contribution in [0.5, 0.6) is 5.75 Å². The van der Waals surface area contributed by atoms with Crippen LogP contribution < -0.4 is 4.74 Å². The van der Waals surface area contributed by atoms with Crippen LogP contribution in [0, 0.1) is 0 Å². The average Bonchev–Trinajstić information content (AvgIpc) is 2.42. The normalized spacial score (nSPS) is 15.6. The van der Waals surface area contributed by atoms with Gasteiger partial charge in [0.2, 0.25) is 0 Å². The van der Waals surface area contributed by atoms with E-state index in [1.165, 1.54) is 0 Å². The first kappa shape index (κ1) is 13.4. The van der Waals surface area contributed by atoms with Gasteiger partial charge in [-0.15, -0.1) is 0 Å². The number of hydrogen-bond acceptors (Lipinski definition) is 3. The minimum atomic E-state index is 0.0340. The van der Waals surface area contributed by atoms with Gasteiger partial charge in [0.1, 0.15) is 5.75 Å². The molecule has 1 aromatic carbocycles. The minimum absolute atomic E-state index is 0.0340. The average molecular weight is 314 g/mol. The fourth-order valence-corrected chi connectivity index (χ4v) is 2.21. The van der Waals surface area contributed by atoms with E-state index in [1.807, 2.05) is 24.0 Å². The maximum absolute atomic E-state index is 12.3. The van der Waals surface area contributed by atoms with E-state index in [-0.39, 0.29) is 5.91 Å². The summed E-state index contributed by atoms with van der Waals surface area (Å²) in [6.45, 7) is 5.02. The van der Waals surface area contributed by atoms with Gasteiger partial charge in [-0.25, -0.2) is 0 Å². The Morgan fingerprint density at radius 1 is 1.44 bits per heavy atom. The molecule has 1 aliphatic heterocycles. The summed E-state index contributed by atoms with van der Waals surface area (Å²) in [5, 5.41) is 0. The Bertz CT molecular complexity index is 430. The topological polar surface area (TPSA) is 38.8 Å². The van der Waals surface area contributed by atoms with Crippen molar-refractivity contribution in [3.63, 3.8) is 0 Å². The number of carbonyl (C=O) groups is 1. The third kappa shape index (κ3) is 3.03. The van der Waals surface area contributed by atoms with E-state index in [9.17, 15) is 4.79 Å². The van der Waals surface area contributed by atoms with E-state index in [0.717, 1.165) is 4.47 Å². The highest BCUT2D eigenvalue weighted by Gasteiger charge is 2.19. The first-order valence-electron chi connectivity index (χ1n) is 6.01. The summed E-state index contributed by atoms with van der Waals surface area (Å²) in [5.74, 6) is 0.739. The second-order valence-corrected chi connectivity index (χ2v) is 4.84. The van der Waals surface area contributed by atoms with Crippen molar-refractivity contribution in [3.05, 3.63) is 28.2 Å². The lowest BCUT2D eigenvalue weighted by Gasteiger charge is -2.27. The molecule has 1 fully saturated rings. The van der Waals surface area contributed by atoms with Gasteiger partial charge in [0, 0.05) is 18.7 Å². The number of hydrogen-bond donors (Lipinski definition) is 0. The smallest absolute Gasteiger partial charge is 0.254 e. The zero-order valence-corrected chi connectivity index (χ0v) is 11.9. The molecule has 1 aromatic rings. The summed E-state index contributed by atoms with van der Waals surface area (Å²) in [6.07, 6.45) is 0. The van der Waals surface area contributed by atoms with Crippen molar-refractivity contribution in [2.45, 2.75) is 6.92 Å². The van der Waals surface area contributed by atoms with Gasteiger partial charge < -0.3 is 14.4 Å². The van der Waals surface area contributed by atoms with Crippen molar-refractivity contribution in [2.75, 3.05) is 32.9 Å². The molecule has 0 bridgehead atoms. The Balaban J connectivity index is 2.16. The predicted molar refractivity (Wildman–Crippen MR) is 72.0 cm³/mol. The summed E-state index contributed by atoms with van der Waals surface area (Å²) in [7, 11) is 0. The number of amides is 1. The Labute approximate surface area is 115 Å². The molecule has 0 atom stereocenters. The Morgan fingerprint density at radius 2 is 2.17 bits per heavy atom. The molecule has 18 heavy (non-hydrogen) atoms. The Hall–Kier alpha value is -1.07. The predicted octanol–water partition coefficient (Wildman–Crippen LogP) is 2.32. The third-order valence-electron chi connectivity index (χ3n) is 2.78. The van der Waals surface area contributed by atoms with Gasteiger partial charge in [-0.2, -0.15) is 0 Å². The van der Waals surface area contributed by atoms with Gasteiger partial charge in [0.15, 0.2) is 0 Å². The van der Waals surface area contributed by atoms with Crippen molar-refractivity contribution < 1.29 is 14.3 Å². The molecule has 5 heteroatoms. The van der Waals surface area contributed by atoms with Crippen molar-refractivity contribution in [3.8, 4) is 5.75 Å². The standard InChI is InChI=1S/C13H16BrNO3/c1-2-18-12-9-10(3-4-11(12)14)13(16)15-5-7-17-8-6-15/h3-4,9H,2,5-8H2,1H3. The van der Waals surface area contributed by atoms with Gasteiger partial charge in [0.25, 0.3) is 5.91 Å². The highest BCUT2D eigenvalue weighted by molar-refractivity contribution is 9.10. The Kier molecular flexibility index (Phi) is 4.60. The van der Waals surface area contributed by atoms with Crippen molar-refractivity contribution in [1.29, 1.82) is 0 Å². The van der Waals surface area contributed by atoms with Crippen LogP contribution in [-0.4, -0.2) is 43.7 Å². The van der Waals surface area contributed by atoms with Crippen LogP contribution in [0.25, 0.3) is 0 Å². The SMILES string of the molecule is CCOc1cc(C(=O)N2CCOCC2)ccc1Br. The molecule has 0 N–H and O–H groups in total. The van der Waals surface area contributed by atoms with E-state index < -0.39 is 0 Å². The van der Waals surface area contributed by atoms with Gasteiger partial charge >= 0.3 is 0 Å². The molecular formula is C13H16BrNO3. The van der Waals surface area contributed by atoms with E-state index in [4.69, 9.17) is 9.47 Å². The summed E-state index contributed by atoms with van der Waals surface area (Å²) in [5.41, 5.74) is 0.656. The number of halogens is 1. The first-order chi connectivity index (χ1) is 8.72. The molecule has 0 unspecified atom stereocenters. The summed E-state index contributed by atoms with van der Waals surface area (Å²) < 4.78 is 11.6. The van der Waals surface area contributed by atoms with Gasteiger partial charge in [-0.1, -0.05) is 0 Å². The third-order valence-corrected chi connectivity index (χ3v) is 3.43. The highest BCUT2D eigenvalue weighted by atomic mass is 79.9. The largest absolute Gasteiger partial charge is 0.493 e. The minimum Gasteiger partial charge on any atom is -0.493 e. The lowest BCUT2D eigenvalue weighted by Crippen LogP contribution is -2.40. The molecule has 0 aliphatic carbocycles. The molecule has 1 heterocycles. The molecule has 98 valence electrons. The number of rotatable bonds is 3. The number of morpholine rings is 1. The zero-order valence-electron chi connectivity index (χ0n) is 10.3. The molecule has 0 aromatic heterocycles. The second-order valence-electron chi connectivity index (χ2n) is 3.98. The van der Waals surface area contributed by atoms with Crippen LogP contribution in [0.4, 0.5) is 0 Å². The van der Waals surface area contributed by atoms with Crippen LogP contribution in [-0.2, 0) is 4.74 Å². The number of ether oxygens (including phenoxy) is 2. The number of carbonyl (C=O) groups excluding carboxylic acids is 1. The van der Waals surface area contributed by atoms with Gasteiger partial charge in [-0.05, 0) is 41.1 Å². The van der Waals surface area contributed by atoms with Crippen LogP contribution in [0.1, 0.15) is 17.3 Å². The highest BCUT2D eigenvalue weighted by Crippen LogP contribution is 2.26. The van der Waals surface area contributed by atoms with E-state index in [1.54, 1.807) is 6.07 Å². The summed E-state index contributed by atoms with van der Waals surface area (Å²) in [4.78, 5) is 14.1. The molecule has 1 aliphatic rings. The van der Waals surface area contributed by atoms with Crippen LogP contribution in [0.2, 0.25) is 0 Å². The van der Waals surface area contributed by atoms with Crippen LogP contribution in [0.15, 0.2) is 22.7 Å². The second kappa shape index (κ2) is 6.20. The molecule has 2 rings (SSSR count). The Morgan fingerprint density at radius 3 is 2.83 bits per heavy atom. The van der Waals surface area contributed by atoms with Gasteiger partial charge in [-0.3, -0.25) is 4.79 Å². The van der Waals surface area contributed by atoms with Crippen molar-refractivity contribution >= 4 is 21.8 Å². The molecule has 0 saturated carbocycles. The summed E-state index contributed by atoms with van der Waals surface area (Å²) in [6, 6.07) is 5.44. The zero-order chi connectivity index (χ0) is 13.0. The maximum atomic E-state index is 12.3. The number of nitrogens with zero attached hydrogens (tertiary/aromatic N) is 1. The van der Waals surface area contributed by atoms with Crippen LogP contribution in [0.3, 0.4) is 0 Å². The first-order valence-corrected chi connectivity index (χ1v) is 6.81. The maximum Gasteiger partial charge on any atom is 0.254 e. The van der Waals surface area contributed by atoms with Gasteiger partial charge in [0.05, 0.1) is 24.3 Å². The van der Waals surface area contributed by atoms with E-state index in [2.05, 4.69) is 15.9 Å². The van der Waals surface area contributed by atoms with Crippen molar-refractivity contribution in [2.24, 2.45) is 0 Å². The fourth-order valence-electron chi connectivity index (χ4n) is 1.85. The molecule has 0 radical (unpaired) electrons. The molecule has 1 saturated heterocycles. The fraction of sp³-hybridized carbons (Fsp3) is 0.462. The molecule has 0 spiro atoms.